The zero-order valence-corrected chi connectivity index (χ0v) is 18.1. The topological polar surface area (TPSA) is 50.1 Å². The first-order valence-electron chi connectivity index (χ1n) is 10.4. The molecule has 0 unspecified atom stereocenters. The van der Waals surface area contributed by atoms with E-state index in [2.05, 4.69) is 28.1 Å². The molecule has 0 spiro atoms. The van der Waals surface area contributed by atoms with Gasteiger partial charge in [0.2, 0.25) is 5.95 Å². The maximum Gasteiger partial charge on any atom is 0.225 e. The lowest BCUT2D eigenvalue weighted by atomic mass is 9.89. The Kier molecular flexibility index (Phi) is 5.81. The summed E-state index contributed by atoms with van der Waals surface area (Å²) in [6.45, 7) is 4.86. The van der Waals surface area contributed by atoms with E-state index < -0.39 is 0 Å². The largest absolute Gasteiger partial charge is 0.347 e. The van der Waals surface area contributed by atoms with E-state index in [0.29, 0.717) is 11.5 Å². The average Bonchev–Trinajstić information content (AvgIpc) is 3.05. The predicted molar refractivity (Wildman–Crippen MR) is 117 cm³/mol. The molecule has 0 N–H and O–H groups in total. The summed E-state index contributed by atoms with van der Waals surface area (Å²) < 4.78 is 16.5. The highest BCUT2D eigenvalue weighted by Gasteiger charge is 2.27. The van der Waals surface area contributed by atoms with Gasteiger partial charge in [-0.2, -0.15) is 5.10 Å². The number of aryl methyl sites for hydroxylation is 2. The van der Waals surface area contributed by atoms with Crippen LogP contribution in [-0.4, -0.2) is 51.8 Å². The fourth-order valence-corrected chi connectivity index (χ4v) is 4.27. The van der Waals surface area contributed by atoms with Crippen molar-refractivity contribution >= 4 is 5.95 Å². The highest BCUT2D eigenvalue weighted by molar-refractivity contribution is 5.67. The second kappa shape index (κ2) is 8.52. The van der Waals surface area contributed by atoms with Crippen LogP contribution in [-0.2, 0) is 13.6 Å². The van der Waals surface area contributed by atoms with Gasteiger partial charge in [-0.05, 0) is 32.4 Å². The first kappa shape index (κ1) is 20.5. The molecule has 3 aromatic rings. The fourth-order valence-electron chi connectivity index (χ4n) is 4.27. The molecule has 30 heavy (non-hydrogen) atoms. The van der Waals surface area contributed by atoms with Gasteiger partial charge >= 0.3 is 0 Å². The summed E-state index contributed by atoms with van der Waals surface area (Å²) in [5, 5.41) is 4.47. The maximum atomic E-state index is 14.6. The number of hydrogen-bond acceptors (Lipinski definition) is 5. The van der Waals surface area contributed by atoms with Crippen LogP contribution in [0.15, 0.2) is 36.7 Å². The summed E-state index contributed by atoms with van der Waals surface area (Å²) in [6, 6.07) is 6.89. The fraction of sp³-hybridized carbons (Fsp3) is 0.435. The van der Waals surface area contributed by atoms with Crippen molar-refractivity contribution in [1.29, 1.82) is 0 Å². The molecule has 1 aliphatic heterocycles. The number of benzene rings is 1. The van der Waals surface area contributed by atoms with Gasteiger partial charge in [0.05, 0.1) is 11.4 Å². The number of nitrogens with zero attached hydrogens (tertiary/aromatic N) is 6. The van der Waals surface area contributed by atoms with Crippen LogP contribution < -0.4 is 4.90 Å². The monoisotopic (exact) mass is 408 g/mol. The molecule has 1 fully saturated rings. The van der Waals surface area contributed by atoms with Crippen molar-refractivity contribution in [1.82, 2.24) is 24.6 Å². The Morgan fingerprint density at radius 1 is 1.20 bits per heavy atom. The van der Waals surface area contributed by atoms with Crippen molar-refractivity contribution in [3.8, 4) is 11.1 Å². The molecule has 158 valence electrons. The molecule has 0 saturated carbocycles. The molecule has 0 amide bonds. The zero-order valence-electron chi connectivity index (χ0n) is 18.1. The Morgan fingerprint density at radius 3 is 2.70 bits per heavy atom. The van der Waals surface area contributed by atoms with Crippen molar-refractivity contribution < 1.29 is 4.39 Å². The Morgan fingerprint density at radius 2 is 2.00 bits per heavy atom. The second-order valence-corrected chi connectivity index (χ2v) is 8.33. The molecule has 1 aliphatic rings. The van der Waals surface area contributed by atoms with Crippen molar-refractivity contribution in [2.45, 2.75) is 32.2 Å². The van der Waals surface area contributed by atoms with E-state index in [-0.39, 0.29) is 11.7 Å². The van der Waals surface area contributed by atoms with Gasteiger partial charge < -0.3 is 4.90 Å². The summed E-state index contributed by atoms with van der Waals surface area (Å²) in [4.78, 5) is 13.7. The van der Waals surface area contributed by atoms with E-state index in [9.17, 15) is 4.39 Å². The normalized spacial score (nSPS) is 17.3. The molecule has 6 nitrogen and oxygen atoms in total. The van der Waals surface area contributed by atoms with Crippen LogP contribution in [0.4, 0.5) is 10.3 Å². The molecule has 1 saturated heterocycles. The number of rotatable bonds is 5. The molecule has 1 atom stereocenters. The van der Waals surface area contributed by atoms with Crippen molar-refractivity contribution in [3.63, 3.8) is 0 Å². The minimum atomic E-state index is -0.237. The van der Waals surface area contributed by atoms with Crippen LogP contribution in [0.5, 0.6) is 0 Å². The van der Waals surface area contributed by atoms with Gasteiger partial charge in [-0.3, -0.25) is 9.58 Å². The molecule has 4 rings (SSSR count). The Bertz CT molecular complexity index is 1030. The van der Waals surface area contributed by atoms with Gasteiger partial charge in [-0.1, -0.05) is 18.2 Å². The molecule has 0 bridgehead atoms. The number of piperidine rings is 1. The summed E-state index contributed by atoms with van der Waals surface area (Å²) in [5.41, 5.74) is 4.63. The van der Waals surface area contributed by atoms with Crippen LogP contribution in [0.1, 0.15) is 35.7 Å². The lowest BCUT2D eigenvalue weighted by molar-refractivity contribution is 0.198. The van der Waals surface area contributed by atoms with Crippen molar-refractivity contribution in [3.05, 3.63) is 59.4 Å². The third-order valence-electron chi connectivity index (χ3n) is 5.77. The number of hydrogen-bond donors (Lipinski definition) is 0. The maximum absolute atomic E-state index is 14.6. The summed E-state index contributed by atoms with van der Waals surface area (Å²) in [7, 11) is 5.82. The number of anilines is 1. The van der Waals surface area contributed by atoms with Gasteiger partial charge in [0, 0.05) is 69.2 Å². The first-order chi connectivity index (χ1) is 14.4. The average molecular weight is 409 g/mol. The second-order valence-electron chi connectivity index (χ2n) is 8.33. The molecule has 0 radical (unpaired) electrons. The van der Waals surface area contributed by atoms with E-state index >= 15 is 0 Å². The lowest BCUT2D eigenvalue weighted by Crippen LogP contribution is -2.34. The molecule has 7 heteroatoms. The molecule has 3 heterocycles. The third-order valence-corrected chi connectivity index (χ3v) is 5.77. The Hall–Kier alpha value is -2.80. The number of likely N-dealkylation sites (tertiary alicyclic amines) is 1. The third kappa shape index (κ3) is 4.21. The van der Waals surface area contributed by atoms with Crippen LogP contribution in [0.2, 0.25) is 0 Å². The number of halogens is 1. The number of aromatic nitrogens is 4. The highest BCUT2D eigenvalue weighted by atomic mass is 19.1. The Balaban J connectivity index is 1.66. The SMILES string of the molecule is Cc1nn(C)cc1CN1CCC[C@H](c2nc(N(C)C)ncc2-c2ccccc2F)C1. The van der Waals surface area contributed by atoms with E-state index in [1.165, 1.54) is 11.6 Å². The standard InChI is InChI=1S/C23H29FN6/c1-16-18(13-29(4)27-16)15-30-11-7-8-17(14-30)22-20(12-25-23(26-22)28(2)3)19-9-5-6-10-21(19)24/h5-6,9-10,12-13,17H,7-8,11,14-15H2,1-4H3/t17-/m0/s1. The summed E-state index contributed by atoms with van der Waals surface area (Å²) >= 11 is 0. The lowest BCUT2D eigenvalue weighted by Gasteiger charge is -2.33. The Labute approximate surface area is 177 Å². The quantitative estimate of drug-likeness (QED) is 0.643. The highest BCUT2D eigenvalue weighted by Crippen LogP contribution is 2.35. The predicted octanol–water partition coefficient (Wildman–Crippen LogP) is 3.77. The van der Waals surface area contributed by atoms with Crippen LogP contribution in [0.25, 0.3) is 11.1 Å². The van der Waals surface area contributed by atoms with Gasteiger partial charge in [-0.25, -0.2) is 14.4 Å². The van der Waals surface area contributed by atoms with Crippen LogP contribution in [0.3, 0.4) is 0 Å². The smallest absolute Gasteiger partial charge is 0.225 e. The van der Waals surface area contributed by atoms with E-state index in [0.717, 1.165) is 49.4 Å². The van der Waals surface area contributed by atoms with Crippen molar-refractivity contribution in [2.24, 2.45) is 7.05 Å². The van der Waals surface area contributed by atoms with Gasteiger partial charge in [0.1, 0.15) is 5.82 Å². The minimum Gasteiger partial charge on any atom is -0.347 e. The van der Waals surface area contributed by atoms with Crippen LogP contribution >= 0.6 is 0 Å². The minimum absolute atomic E-state index is 0.229. The summed E-state index contributed by atoms with van der Waals surface area (Å²) in [5.74, 6) is 0.649. The van der Waals surface area contributed by atoms with E-state index in [1.807, 2.05) is 42.9 Å². The van der Waals surface area contributed by atoms with Crippen molar-refractivity contribution in [2.75, 3.05) is 32.1 Å². The van der Waals surface area contributed by atoms with E-state index in [4.69, 9.17) is 4.98 Å². The first-order valence-corrected chi connectivity index (χ1v) is 10.4. The molecule has 0 aliphatic carbocycles. The molecular formula is C23H29FN6. The van der Waals surface area contributed by atoms with Gasteiger partial charge in [0.25, 0.3) is 0 Å². The van der Waals surface area contributed by atoms with E-state index in [1.54, 1.807) is 12.3 Å². The molecule has 1 aromatic carbocycles. The molecular weight excluding hydrogens is 379 g/mol. The van der Waals surface area contributed by atoms with Gasteiger partial charge in [0.15, 0.2) is 0 Å². The summed E-state index contributed by atoms with van der Waals surface area (Å²) in [6.07, 6.45) is 5.99. The molecule has 2 aromatic heterocycles. The van der Waals surface area contributed by atoms with Crippen LogP contribution in [0, 0.1) is 12.7 Å². The zero-order chi connectivity index (χ0) is 21.3. The van der Waals surface area contributed by atoms with Gasteiger partial charge in [-0.15, -0.1) is 0 Å².